The number of likely N-dealkylation sites (tertiary alicyclic amines) is 1. The number of benzene rings is 1. The SMILES string of the molecule is Cc1cc(C)cc(-c2[nH]c3sc(C(C)(C)C(=O)N4CCCC4)cc3c2[C@@H](C)CNCCc2ccncc2)c1. The van der Waals surface area contributed by atoms with Crippen molar-refractivity contribution in [3.8, 4) is 11.3 Å². The number of hydrogen-bond acceptors (Lipinski definition) is 4. The second-order valence-electron chi connectivity index (χ2n) is 11.5. The van der Waals surface area contributed by atoms with E-state index in [1.54, 1.807) is 11.3 Å². The van der Waals surface area contributed by atoms with Crippen molar-refractivity contribution in [2.75, 3.05) is 26.2 Å². The molecule has 2 N–H and O–H groups in total. The highest BCUT2D eigenvalue weighted by Gasteiger charge is 2.37. The molecule has 0 bridgehead atoms. The molecule has 4 aromatic rings. The lowest BCUT2D eigenvalue weighted by molar-refractivity contribution is -0.135. The molecule has 0 saturated carbocycles. The fourth-order valence-corrected chi connectivity index (χ4v) is 6.96. The second kappa shape index (κ2) is 11.0. The van der Waals surface area contributed by atoms with Gasteiger partial charge in [0.25, 0.3) is 0 Å². The third kappa shape index (κ3) is 5.43. The Labute approximate surface area is 230 Å². The molecule has 6 heteroatoms. The standard InChI is InChI=1S/C32H40N4OS/c1-21-16-22(2)18-25(17-21)29-28(23(3)20-34-13-10-24-8-11-33-12-9-24)26-19-27(38-30(26)35-29)32(4,5)31(37)36-14-6-7-15-36/h8-9,11-12,16-19,23,34-35H,6-7,10,13-15,20H2,1-5H3/t23-/m0/s1. The molecule has 5 rings (SSSR count). The normalized spacial score (nSPS) is 14.9. The predicted molar refractivity (Wildman–Crippen MR) is 159 cm³/mol. The number of aryl methyl sites for hydroxylation is 2. The summed E-state index contributed by atoms with van der Waals surface area (Å²) >= 11 is 1.74. The minimum Gasteiger partial charge on any atom is -0.346 e. The van der Waals surface area contributed by atoms with E-state index >= 15 is 0 Å². The molecule has 1 atom stereocenters. The average Bonchev–Trinajstić information content (AvgIpc) is 3.63. The molecule has 0 spiro atoms. The first-order valence-corrected chi connectivity index (χ1v) is 14.7. The van der Waals surface area contributed by atoms with Gasteiger partial charge >= 0.3 is 0 Å². The Morgan fingerprint density at radius 1 is 1.11 bits per heavy atom. The van der Waals surface area contributed by atoms with Crippen molar-refractivity contribution in [2.45, 2.75) is 65.2 Å². The molecular formula is C32H40N4OS. The van der Waals surface area contributed by atoms with Gasteiger partial charge in [-0.05, 0) is 106 Å². The van der Waals surface area contributed by atoms with E-state index < -0.39 is 5.41 Å². The van der Waals surface area contributed by atoms with Crippen molar-refractivity contribution in [3.05, 3.63) is 75.9 Å². The highest BCUT2D eigenvalue weighted by molar-refractivity contribution is 7.19. The molecule has 3 aromatic heterocycles. The van der Waals surface area contributed by atoms with E-state index in [4.69, 9.17) is 0 Å². The average molecular weight is 529 g/mol. The van der Waals surface area contributed by atoms with Crippen molar-refractivity contribution in [2.24, 2.45) is 0 Å². The van der Waals surface area contributed by atoms with Crippen LogP contribution >= 0.6 is 11.3 Å². The summed E-state index contributed by atoms with van der Waals surface area (Å²) in [7, 11) is 0. The van der Waals surface area contributed by atoms with Crippen LogP contribution in [0.15, 0.2) is 48.8 Å². The van der Waals surface area contributed by atoms with Crippen LogP contribution in [0.25, 0.3) is 21.5 Å². The van der Waals surface area contributed by atoms with E-state index in [0.29, 0.717) is 5.92 Å². The van der Waals surface area contributed by atoms with Gasteiger partial charge in [0, 0.05) is 42.3 Å². The third-order valence-corrected chi connectivity index (χ3v) is 9.24. The summed E-state index contributed by atoms with van der Waals surface area (Å²) in [5.74, 6) is 0.553. The minimum atomic E-state index is -0.530. The number of rotatable bonds is 9. The summed E-state index contributed by atoms with van der Waals surface area (Å²) in [4.78, 5) is 25.7. The fraction of sp³-hybridized carbons (Fsp3) is 0.438. The Morgan fingerprint density at radius 3 is 2.47 bits per heavy atom. The maximum Gasteiger partial charge on any atom is 0.233 e. The Morgan fingerprint density at radius 2 is 1.79 bits per heavy atom. The lowest BCUT2D eigenvalue weighted by Gasteiger charge is -2.28. The summed E-state index contributed by atoms with van der Waals surface area (Å²) in [6.45, 7) is 14.4. The monoisotopic (exact) mass is 528 g/mol. The zero-order valence-corrected chi connectivity index (χ0v) is 24.2. The Kier molecular flexibility index (Phi) is 7.73. The van der Waals surface area contributed by atoms with Gasteiger partial charge in [-0.1, -0.05) is 24.1 Å². The summed E-state index contributed by atoms with van der Waals surface area (Å²) in [6.07, 6.45) is 6.92. The lowest BCUT2D eigenvalue weighted by Crippen LogP contribution is -2.41. The molecule has 38 heavy (non-hydrogen) atoms. The van der Waals surface area contributed by atoms with Gasteiger partial charge in [-0.15, -0.1) is 11.3 Å². The van der Waals surface area contributed by atoms with E-state index in [9.17, 15) is 4.79 Å². The van der Waals surface area contributed by atoms with Crippen LogP contribution in [-0.2, 0) is 16.6 Å². The fourth-order valence-electron chi connectivity index (χ4n) is 5.79. The molecule has 1 aliphatic heterocycles. The van der Waals surface area contributed by atoms with E-state index in [0.717, 1.165) is 55.1 Å². The van der Waals surface area contributed by atoms with Gasteiger partial charge in [-0.3, -0.25) is 9.78 Å². The first kappa shape index (κ1) is 26.6. The zero-order chi connectivity index (χ0) is 26.9. The highest BCUT2D eigenvalue weighted by atomic mass is 32.1. The molecule has 1 amide bonds. The Bertz CT molecular complexity index is 1390. The van der Waals surface area contributed by atoms with Crippen LogP contribution in [0.2, 0.25) is 0 Å². The number of thiophene rings is 1. The number of fused-ring (bicyclic) bond motifs is 1. The number of aromatic amines is 1. The van der Waals surface area contributed by atoms with Crippen LogP contribution in [0.5, 0.6) is 0 Å². The molecule has 1 aliphatic rings. The van der Waals surface area contributed by atoms with Gasteiger partial charge in [-0.2, -0.15) is 0 Å². The summed E-state index contributed by atoms with van der Waals surface area (Å²) < 4.78 is 0. The summed E-state index contributed by atoms with van der Waals surface area (Å²) in [5, 5.41) is 4.94. The number of carbonyl (C=O) groups is 1. The first-order valence-electron chi connectivity index (χ1n) is 13.9. The Balaban J connectivity index is 1.46. The molecule has 1 fully saturated rings. The van der Waals surface area contributed by atoms with Crippen molar-refractivity contribution in [1.82, 2.24) is 20.2 Å². The molecule has 4 heterocycles. The Hall–Kier alpha value is -2.96. The number of H-pyrrole nitrogens is 1. The van der Waals surface area contributed by atoms with Crippen LogP contribution in [-0.4, -0.2) is 47.0 Å². The number of nitrogens with zero attached hydrogens (tertiary/aromatic N) is 2. The predicted octanol–water partition coefficient (Wildman–Crippen LogP) is 6.74. The molecule has 0 aliphatic carbocycles. The van der Waals surface area contributed by atoms with Gasteiger partial charge < -0.3 is 15.2 Å². The van der Waals surface area contributed by atoms with Crippen LogP contribution in [0, 0.1) is 13.8 Å². The van der Waals surface area contributed by atoms with Crippen molar-refractivity contribution in [1.29, 1.82) is 0 Å². The van der Waals surface area contributed by atoms with E-state index in [-0.39, 0.29) is 5.91 Å². The topological polar surface area (TPSA) is 61.0 Å². The quantitative estimate of drug-likeness (QED) is 0.236. The molecule has 200 valence electrons. The van der Waals surface area contributed by atoms with Crippen LogP contribution < -0.4 is 5.32 Å². The van der Waals surface area contributed by atoms with E-state index in [1.807, 2.05) is 17.3 Å². The number of nitrogens with one attached hydrogen (secondary N) is 2. The van der Waals surface area contributed by atoms with E-state index in [1.165, 1.54) is 38.9 Å². The maximum absolute atomic E-state index is 13.4. The number of carbonyl (C=O) groups excluding carboxylic acids is 1. The van der Waals surface area contributed by atoms with Gasteiger partial charge in [0.2, 0.25) is 5.91 Å². The molecule has 5 nitrogen and oxygen atoms in total. The number of aromatic nitrogens is 2. The minimum absolute atomic E-state index is 0.251. The molecule has 0 unspecified atom stereocenters. The lowest BCUT2D eigenvalue weighted by atomic mass is 9.88. The highest BCUT2D eigenvalue weighted by Crippen LogP contribution is 2.43. The molecule has 1 aromatic carbocycles. The smallest absolute Gasteiger partial charge is 0.233 e. The van der Waals surface area contributed by atoms with Crippen molar-refractivity contribution in [3.63, 3.8) is 0 Å². The second-order valence-corrected chi connectivity index (χ2v) is 12.5. The van der Waals surface area contributed by atoms with Gasteiger partial charge in [0.05, 0.1) is 11.1 Å². The van der Waals surface area contributed by atoms with Crippen LogP contribution in [0.1, 0.15) is 66.7 Å². The molecular weight excluding hydrogens is 488 g/mol. The maximum atomic E-state index is 13.4. The van der Waals surface area contributed by atoms with Crippen LogP contribution in [0.3, 0.4) is 0 Å². The first-order chi connectivity index (χ1) is 18.2. The van der Waals surface area contributed by atoms with Gasteiger partial charge in [0.1, 0.15) is 4.83 Å². The molecule has 1 saturated heterocycles. The summed E-state index contributed by atoms with van der Waals surface area (Å²) in [6, 6.07) is 13.2. The zero-order valence-electron chi connectivity index (χ0n) is 23.4. The summed E-state index contributed by atoms with van der Waals surface area (Å²) in [5.41, 5.74) is 7.09. The largest absolute Gasteiger partial charge is 0.346 e. The van der Waals surface area contributed by atoms with E-state index in [2.05, 4.69) is 86.3 Å². The molecule has 0 radical (unpaired) electrons. The van der Waals surface area contributed by atoms with Crippen molar-refractivity contribution < 1.29 is 4.79 Å². The number of pyridine rings is 1. The number of hydrogen-bond donors (Lipinski definition) is 2. The third-order valence-electron chi connectivity index (χ3n) is 7.87. The number of amides is 1. The van der Waals surface area contributed by atoms with Crippen molar-refractivity contribution >= 4 is 27.5 Å². The van der Waals surface area contributed by atoms with Gasteiger partial charge in [-0.25, -0.2) is 0 Å². The van der Waals surface area contributed by atoms with Crippen LogP contribution in [0.4, 0.5) is 0 Å². The van der Waals surface area contributed by atoms with Gasteiger partial charge in [0.15, 0.2) is 0 Å².